The van der Waals surface area contributed by atoms with E-state index in [0.29, 0.717) is 17.1 Å². The molecule has 1 rings (SSSR count). The van der Waals surface area contributed by atoms with Gasteiger partial charge in [0.25, 0.3) is 0 Å². The summed E-state index contributed by atoms with van der Waals surface area (Å²) in [6.45, 7) is 3.42. The van der Waals surface area contributed by atoms with Crippen molar-refractivity contribution in [2.24, 2.45) is 5.73 Å². The fourth-order valence-corrected chi connectivity index (χ4v) is 0.785. The number of nitrogens with one attached hydrogen (secondary N) is 1. The molecule has 3 N–H and O–H groups in total. The number of nitrogens with zero attached hydrogens (tertiary/aromatic N) is 1. The number of hydrogen-bond donors (Lipinski definition) is 2. The largest absolute Gasteiger partial charge is 0.359 e. The molecule has 0 unspecified atom stereocenters. The zero-order valence-electron chi connectivity index (χ0n) is 6.34. The highest BCUT2D eigenvalue weighted by Crippen LogP contribution is 2.17. The SMILES string of the molecule is Cc1noc(C)c1NC(N)=O. The van der Waals surface area contributed by atoms with Crippen LogP contribution in [0.5, 0.6) is 0 Å². The molecule has 0 aromatic carbocycles. The molecule has 0 spiro atoms. The van der Waals surface area contributed by atoms with Crippen molar-refractivity contribution >= 4 is 11.7 Å². The number of carbonyl (C=O) groups excluding carboxylic acids is 1. The number of carbonyl (C=O) groups is 1. The van der Waals surface area contributed by atoms with Crippen LogP contribution in [0.15, 0.2) is 4.52 Å². The molecular formula is C6H9N3O2. The van der Waals surface area contributed by atoms with Crippen LogP contribution in [-0.2, 0) is 0 Å². The summed E-state index contributed by atoms with van der Waals surface area (Å²) in [4.78, 5) is 10.4. The van der Waals surface area contributed by atoms with E-state index >= 15 is 0 Å². The van der Waals surface area contributed by atoms with Gasteiger partial charge >= 0.3 is 6.03 Å². The quantitative estimate of drug-likeness (QED) is 0.628. The van der Waals surface area contributed by atoms with Crippen LogP contribution in [0.3, 0.4) is 0 Å². The van der Waals surface area contributed by atoms with E-state index in [1.165, 1.54) is 0 Å². The van der Waals surface area contributed by atoms with Gasteiger partial charge in [-0.3, -0.25) is 0 Å². The number of hydrogen-bond acceptors (Lipinski definition) is 3. The van der Waals surface area contributed by atoms with Gasteiger partial charge in [0.2, 0.25) is 0 Å². The first kappa shape index (κ1) is 7.59. The van der Waals surface area contributed by atoms with Crippen molar-refractivity contribution in [1.82, 2.24) is 5.16 Å². The van der Waals surface area contributed by atoms with Crippen molar-refractivity contribution < 1.29 is 9.32 Å². The van der Waals surface area contributed by atoms with Gasteiger partial charge in [0.15, 0.2) is 5.76 Å². The maximum Gasteiger partial charge on any atom is 0.316 e. The third-order valence-electron chi connectivity index (χ3n) is 1.28. The van der Waals surface area contributed by atoms with Crippen LogP contribution in [0.25, 0.3) is 0 Å². The Morgan fingerprint density at radius 2 is 2.27 bits per heavy atom. The van der Waals surface area contributed by atoms with Crippen LogP contribution in [0.1, 0.15) is 11.5 Å². The predicted molar refractivity (Wildman–Crippen MR) is 39.2 cm³/mol. The summed E-state index contributed by atoms with van der Waals surface area (Å²) >= 11 is 0. The van der Waals surface area contributed by atoms with Gasteiger partial charge in [-0.2, -0.15) is 0 Å². The van der Waals surface area contributed by atoms with Crippen LogP contribution in [-0.4, -0.2) is 11.2 Å². The highest BCUT2D eigenvalue weighted by molar-refractivity contribution is 5.88. The highest BCUT2D eigenvalue weighted by Gasteiger charge is 2.09. The molecule has 0 fully saturated rings. The molecule has 0 radical (unpaired) electrons. The average molecular weight is 155 g/mol. The van der Waals surface area contributed by atoms with Crippen LogP contribution < -0.4 is 11.1 Å². The summed E-state index contributed by atoms with van der Waals surface area (Å²) in [7, 11) is 0. The summed E-state index contributed by atoms with van der Waals surface area (Å²) < 4.78 is 4.78. The molecule has 0 saturated carbocycles. The first-order valence-corrected chi connectivity index (χ1v) is 3.10. The minimum Gasteiger partial charge on any atom is -0.359 e. The maximum atomic E-state index is 10.4. The first-order valence-electron chi connectivity index (χ1n) is 3.10. The lowest BCUT2D eigenvalue weighted by molar-refractivity contribution is 0.259. The van der Waals surface area contributed by atoms with Crippen molar-refractivity contribution in [3.8, 4) is 0 Å². The second-order valence-corrected chi connectivity index (χ2v) is 2.19. The van der Waals surface area contributed by atoms with Crippen LogP contribution >= 0.6 is 0 Å². The molecule has 11 heavy (non-hydrogen) atoms. The zero-order valence-corrected chi connectivity index (χ0v) is 6.34. The third kappa shape index (κ3) is 1.49. The van der Waals surface area contributed by atoms with E-state index in [1.54, 1.807) is 13.8 Å². The fourth-order valence-electron chi connectivity index (χ4n) is 0.785. The summed E-state index contributed by atoms with van der Waals surface area (Å²) in [5.74, 6) is 0.557. The third-order valence-corrected chi connectivity index (χ3v) is 1.28. The standard InChI is InChI=1S/C6H9N3O2/c1-3-5(8-6(7)10)4(2)11-9-3/h1-2H3,(H3,7,8,10). The highest BCUT2D eigenvalue weighted by atomic mass is 16.5. The molecule has 2 amide bonds. The van der Waals surface area contributed by atoms with Crippen molar-refractivity contribution in [2.45, 2.75) is 13.8 Å². The van der Waals surface area contributed by atoms with Crippen LogP contribution in [0, 0.1) is 13.8 Å². The van der Waals surface area contributed by atoms with Gasteiger partial charge < -0.3 is 15.6 Å². The first-order chi connectivity index (χ1) is 5.11. The second kappa shape index (κ2) is 2.61. The number of aryl methyl sites for hydroxylation is 2. The van der Waals surface area contributed by atoms with Gasteiger partial charge in [0.1, 0.15) is 11.4 Å². The molecule has 0 saturated heterocycles. The number of urea groups is 1. The molecule has 5 heteroatoms. The Bertz CT molecular complexity index is 260. The molecule has 5 nitrogen and oxygen atoms in total. The number of amides is 2. The summed E-state index contributed by atoms with van der Waals surface area (Å²) in [5.41, 5.74) is 6.08. The Balaban J connectivity index is 2.92. The van der Waals surface area contributed by atoms with E-state index in [-0.39, 0.29) is 0 Å². The number of primary amides is 1. The van der Waals surface area contributed by atoms with Crippen molar-refractivity contribution in [2.75, 3.05) is 5.32 Å². The van der Waals surface area contributed by atoms with Gasteiger partial charge in [-0.1, -0.05) is 5.16 Å². The van der Waals surface area contributed by atoms with E-state index < -0.39 is 6.03 Å². The Morgan fingerprint density at radius 3 is 2.64 bits per heavy atom. The van der Waals surface area contributed by atoms with Gasteiger partial charge in [0.05, 0.1) is 0 Å². The van der Waals surface area contributed by atoms with Crippen LogP contribution in [0.2, 0.25) is 0 Å². The topological polar surface area (TPSA) is 81.2 Å². The van der Waals surface area contributed by atoms with Crippen molar-refractivity contribution in [3.05, 3.63) is 11.5 Å². The molecule has 1 aromatic heterocycles. The Hall–Kier alpha value is -1.52. The average Bonchev–Trinajstić information content (AvgIpc) is 2.18. The Morgan fingerprint density at radius 1 is 1.64 bits per heavy atom. The molecule has 1 heterocycles. The van der Waals surface area contributed by atoms with Crippen molar-refractivity contribution in [3.63, 3.8) is 0 Å². The lowest BCUT2D eigenvalue weighted by atomic mass is 10.3. The molecule has 0 aliphatic heterocycles. The van der Waals surface area contributed by atoms with Gasteiger partial charge in [0, 0.05) is 0 Å². The smallest absolute Gasteiger partial charge is 0.316 e. The van der Waals surface area contributed by atoms with E-state index in [2.05, 4.69) is 10.5 Å². The lowest BCUT2D eigenvalue weighted by Gasteiger charge is -1.97. The minimum atomic E-state index is -0.612. The van der Waals surface area contributed by atoms with E-state index in [9.17, 15) is 4.79 Å². The van der Waals surface area contributed by atoms with Crippen molar-refractivity contribution in [1.29, 1.82) is 0 Å². The van der Waals surface area contributed by atoms with Gasteiger partial charge in [-0.25, -0.2) is 4.79 Å². The molecule has 0 bridgehead atoms. The molecule has 0 aliphatic rings. The number of anilines is 1. The molecular weight excluding hydrogens is 146 g/mol. The van der Waals surface area contributed by atoms with E-state index in [0.717, 1.165) is 0 Å². The van der Waals surface area contributed by atoms with Gasteiger partial charge in [-0.15, -0.1) is 0 Å². The Labute approximate surface area is 63.5 Å². The molecule has 1 aromatic rings. The fraction of sp³-hybridized carbons (Fsp3) is 0.333. The minimum absolute atomic E-state index is 0.553. The van der Waals surface area contributed by atoms with E-state index in [1.807, 2.05) is 0 Å². The van der Waals surface area contributed by atoms with Gasteiger partial charge in [-0.05, 0) is 13.8 Å². The number of nitrogens with two attached hydrogens (primary N) is 1. The molecule has 60 valence electrons. The normalized spacial score (nSPS) is 9.64. The number of aromatic nitrogens is 1. The predicted octanol–water partition coefficient (Wildman–Crippen LogP) is 0.782. The monoisotopic (exact) mass is 155 g/mol. The summed E-state index contributed by atoms with van der Waals surface area (Å²) in [6, 6.07) is -0.612. The summed E-state index contributed by atoms with van der Waals surface area (Å²) in [5, 5.41) is 6.03. The molecule has 0 atom stereocenters. The summed E-state index contributed by atoms with van der Waals surface area (Å²) in [6.07, 6.45) is 0. The van der Waals surface area contributed by atoms with E-state index in [4.69, 9.17) is 10.3 Å². The maximum absolute atomic E-state index is 10.4. The Kier molecular flexibility index (Phi) is 1.80. The number of rotatable bonds is 1. The van der Waals surface area contributed by atoms with Crippen LogP contribution in [0.4, 0.5) is 10.5 Å². The lowest BCUT2D eigenvalue weighted by Crippen LogP contribution is -2.19. The zero-order chi connectivity index (χ0) is 8.43. The second-order valence-electron chi connectivity index (χ2n) is 2.19. The molecule has 0 aliphatic carbocycles.